The normalized spacial score (nSPS) is 11.3. The van der Waals surface area contributed by atoms with Gasteiger partial charge in [-0.2, -0.15) is 14.7 Å². The van der Waals surface area contributed by atoms with Crippen LogP contribution in [0.15, 0.2) is 34.9 Å². The van der Waals surface area contributed by atoms with Crippen molar-refractivity contribution in [1.29, 1.82) is 0 Å². The minimum atomic E-state index is -0.372. The van der Waals surface area contributed by atoms with Gasteiger partial charge in [-0.3, -0.25) is 5.10 Å². The molecule has 0 bridgehead atoms. The smallest absolute Gasteiger partial charge is 0.235 e. The molecule has 3 aromatic heterocycles. The molecule has 1 aromatic carbocycles. The molecule has 0 unspecified atom stereocenters. The van der Waals surface area contributed by atoms with E-state index in [-0.39, 0.29) is 5.82 Å². The van der Waals surface area contributed by atoms with Crippen LogP contribution in [0.4, 0.5) is 4.39 Å². The molecule has 3 heterocycles. The third-order valence-electron chi connectivity index (χ3n) is 2.89. The average Bonchev–Trinajstić information content (AvgIpc) is 3.15. The predicted octanol–water partition coefficient (Wildman–Crippen LogP) is 3.14. The topological polar surface area (TPSA) is 71.8 Å². The summed E-state index contributed by atoms with van der Waals surface area (Å²) < 4.78 is 16.3. The van der Waals surface area contributed by atoms with E-state index in [0.717, 1.165) is 10.2 Å². The van der Waals surface area contributed by atoms with Gasteiger partial charge in [-0.15, -0.1) is 10.2 Å². The summed E-state index contributed by atoms with van der Waals surface area (Å²) in [5, 5.41) is 19.9. The van der Waals surface area contributed by atoms with Gasteiger partial charge in [0.05, 0.1) is 11.3 Å². The number of H-pyrrole nitrogens is 1. The lowest BCUT2D eigenvalue weighted by atomic mass is 10.2. The molecule has 0 saturated carbocycles. The molecule has 9 heteroatoms. The highest BCUT2D eigenvalue weighted by atomic mass is 79.9. The maximum atomic E-state index is 14.0. The van der Waals surface area contributed by atoms with Crippen LogP contribution in [-0.4, -0.2) is 30.0 Å². The van der Waals surface area contributed by atoms with Crippen LogP contribution in [0, 0.1) is 5.82 Å². The number of aromatic nitrogens is 6. The lowest BCUT2D eigenvalue weighted by Gasteiger charge is -2.00. The zero-order chi connectivity index (χ0) is 14.4. The van der Waals surface area contributed by atoms with Crippen LogP contribution >= 0.6 is 27.3 Å². The molecule has 4 aromatic rings. The molecule has 6 nitrogen and oxygen atoms in total. The van der Waals surface area contributed by atoms with Crippen molar-refractivity contribution in [2.75, 3.05) is 0 Å². The van der Waals surface area contributed by atoms with Crippen LogP contribution in [0.3, 0.4) is 0 Å². The number of hydrogen-bond donors (Lipinski definition) is 1. The summed E-state index contributed by atoms with van der Waals surface area (Å²) in [6.07, 6.45) is 1.65. The van der Waals surface area contributed by atoms with Gasteiger partial charge in [-0.1, -0.05) is 27.3 Å². The molecular weight excluding hydrogens is 359 g/mol. The lowest BCUT2D eigenvalue weighted by Crippen LogP contribution is -1.94. The van der Waals surface area contributed by atoms with Gasteiger partial charge >= 0.3 is 0 Å². The fourth-order valence-electron chi connectivity index (χ4n) is 1.94. The van der Waals surface area contributed by atoms with Crippen molar-refractivity contribution in [2.24, 2.45) is 0 Å². The third-order valence-corrected chi connectivity index (χ3v) is 4.32. The number of halogens is 2. The van der Waals surface area contributed by atoms with E-state index in [1.165, 1.54) is 21.9 Å². The van der Waals surface area contributed by atoms with Crippen LogP contribution in [0.25, 0.3) is 27.1 Å². The van der Waals surface area contributed by atoms with Gasteiger partial charge in [0, 0.05) is 10.7 Å². The molecule has 0 aliphatic heterocycles. The Morgan fingerprint density at radius 2 is 2.14 bits per heavy atom. The molecule has 21 heavy (non-hydrogen) atoms. The Hall–Kier alpha value is -2.13. The van der Waals surface area contributed by atoms with Crippen molar-refractivity contribution in [3.8, 4) is 22.1 Å². The standard InChI is InChI=1S/C12H6BrFN6S/c13-6-1-2-8(14)7(5-6)10-17-18-12-20(10)19-11(21-12)9-3-4-15-16-9/h1-5H,(H,15,16). The zero-order valence-corrected chi connectivity index (χ0v) is 12.7. The van der Waals surface area contributed by atoms with Gasteiger partial charge in [0.25, 0.3) is 0 Å². The van der Waals surface area contributed by atoms with E-state index >= 15 is 0 Å². The second kappa shape index (κ2) is 4.71. The molecule has 0 saturated heterocycles. The molecule has 0 aliphatic carbocycles. The van der Waals surface area contributed by atoms with Crippen LogP contribution in [-0.2, 0) is 0 Å². The van der Waals surface area contributed by atoms with Gasteiger partial charge in [0.1, 0.15) is 5.82 Å². The Morgan fingerprint density at radius 1 is 1.24 bits per heavy atom. The number of aromatic amines is 1. The molecular formula is C12H6BrFN6S. The first-order valence-corrected chi connectivity index (χ1v) is 7.51. The minimum absolute atomic E-state index is 0.346. The minimum Gasteiger partial charge on any atom is -0.275 e. The summed E-state index contributed by atoms with van der Waals surface area (Å²) in [4.78, 5) is 0.592. The Balaban J connectivity index is 1.92. The van der Waals surface area contributed by atoms with Crippen molar-refractivity contribution in [1.82, 2.24) is 30.0 Å². The van der Waals surface area contributed by atoms with Gasteiger partial charge in [0.15, 0.2) is 10.8 Å². The summed E-state index contributed by atoms with van der Waals surface area (Å²) in [7, 11) is 0. The number of rotatable bonds is 2. The Morgan fingerprint density at radius 3 is 2.95 bits per heavy atom. The second-order valence-electron chi connectivity index (χ2n) is 4.22. The number of benzene rings is 1. The SMILES string of the molecule is Fc1ccc(Br)cc1-c1nnc2sc(-c3ccn[nH]3)nn12. The summed E-state index contributed by atoms with van der Waals surface area (Å²) >= 11 is 4.68. The molecule has 104 valence electrons. The van der Waals surface area contributed by atoms with E-state index < -0.39 is 0 Å². The summed E-state index contributed by atoms with van der Waals surface area (Å²) in [5.41, 5.74) is 1.13. The van der Waals surface area contributed by atoms with E-state index in [1.807, 2.05) is 6.07 Å². The molecule has 0 amide bonds. The monoisotopic (exact) mass is 364 g/mol. The van der Waals surface area contributed by atoms with Crippen LogP contribution in [0.2, 0.25) is 0 Å². The van der Waals surface area contributed by atoms with Crippen molar-refractivity contribution in [3.63, 3.8) is 0 Å². The number of nitrogens with zero attached hydrogens (tertiary/aromatic N) is 5. The molecule has 4 rings (SSSR count). The number of fused-ring (bicyclic) bond motifs is 1. The van der Waals surface area contributed by atoms with Crippen molar-refractivity contribution in [3.05, 3.63) is 40.8 Å². The van der Waals surface area contributed by atoms with E-state index in [0.29, 0.717) is 21.4 Å². The maximum absolute atomic E-state index is 14.0. The second-order valence-corrected chi connectivity index (χ2v) is 6.09. The fraction of sp³-hybridized carbons (Fsp3) is 0. The molecule has 0 atom stereocenters. The first-order valence-electron chi connectivity index (χ1n) is 5.90. The number of nitrogens with one attached hydrogen (secondary N) is 1. The van der Waals surface area contributed by atoms with E-state index in [4.69, 9.17) is 0 Å². The van der Waals surface area contributed by atoms with E-state index in [1.54, 1.807) is 18.3 Å². The average molecular weight is 365 g/mol. The van der Waals surface area contributed by atoms with E-state index in [2.05, 4.69) is 41.4 Å². The van der Waals surface area contributed by atoms with Crippen LogP contribution < -0.4 is 0 Å². The summed E-state index contributed by atoms with van der Waals surface area (Å²) in [6, 6.07) is 6.48. The highest BCUT2D eigenvalue weighted by Gasteiger charge is 2.17. The first kappa shape index (κ1) is 12.6. The Kier molecular flexibility index (Phi) is 2.82. The van der Waals surface area contributed by atoms with Gasteiger partial charge in [-0.05, 0) is 24.3 Å². The summed E-state index contributed by atoms with van der Waals surface area (Å²) in [6.45, 7) is 0. The molecule has 0 spiro atoms. The van der Waals surface area contributed by atoms with Gasteiger partial charge in [0.2, 0.25) is 4.96 Å². The summed E-state index contributed by atoms with van der Waals surface area (Å²) in [5.74, 6) is -0.00518. The maximum Gasteiger partial charge on any atom is 0.235 e. The van der Waals surface area contributed by atoms with E-state index in [9.17, 15) is 4.39 Å². The van der Waals surface area contributed by atoms with Gasteiger partial charge in [-0.25, -0.2) is 4.39 Å². The van der Waals surface area contributed by atoms with Gasteiger partial charge < -0.3 is 0 Å². The zero-order valence-electron chi connectivity index (χ0n) is 10.3. The molecule has 0 aliphatic rings. The van der Waals surface area contributed by atoms with Crippen molar-refractivity contribution >= 4 is 32.2 Å². The molecule has 0 radical (unpaired) electrons. The quantitative estimate of drug-likeness (QED) is 0.592. The number of hydrogen-bond acceptors (Lipinski definition) is 5. The first-order chi connectivity index (χ1) is 10.2. The third kappa shape index (κ3) is 2.05. The van der Waals surface area contributed by atoms with Crippen LogP contribution in [0.1, 0.15) is 0 Å². The Labute approximate surface area is 129 Å². The van der Waals surface area contributed by atoms with Crippen LogP contribution in [0.5, 0.6) is 0 Å². The molecule has 0 fully saturated rings. The highest BCUT2D eigenvalue weighted by molar-refractivity contribution is 9.10. The predicted molar refractivity (Wildman–Crippen MR) is 79.3 cm³/mol. The fourth-order valence-corrected chi connectivity index (χ4v) is 3.11. The van der Waals surface area contributed by atoms with Crippen molar-refractivity contribution < 1.29 is 4.39 Å². The molecule has 1 N–H and O–H groups in total. The highest BCUT2D eigenvalue weighted by Crippen LogP contribution is 2.29. The lowest BCUT2D eigenvalue weighted by molar-refractivity contribution is 0.629. The Bertz CT molecular complexity index is 929. The van der Waals surface area contributed by atoms with Crippen molar-refractivity contribution in [2.45, 2.75) is 0 Å². The largest absolute Gasteiger partial charge is 0.275 e.